The summed E-state index contributed by atoms with van der Waals surface area (Å²) in [6.45, 7) is 8.22. The SMILES string of the molecule is Cc1ncc2c(-c3cnc4nc(C)n(C(C)C)c4c3)ccn2n1. The van der Waals surface area contributed by atoms with Gasteiger partial charge in [0.25, 0.3) is 0 Å². The van der Waals surface area contributed by atoms with E-state index >= 15 is 0 Å². The Morgan fingerprint density at radius 2 is 1.87 bits per heavy atom. The van der Waals surface area contributed by atoms with Crippen LogP contribution in [-0.4, -0.2) is 29.1 Å². The van der Waals surface area contributed by atoms with E-state index in [1.807, 2.05) is 37.0 Å². The Hall–Kier alpha value is -2.76. The summed E-state index contributed by atoms with van der Waals surface area (Å²) in [5.74, 6) is 1.74. The minimum Gasteiger partial charge on any atom is -0.324 e. The molecular weight excluding hydrogens is 288 g/mol. The lowest BCUT2D eigenvalue weighted by molar-refractivity contribution is 0.600. The Labute approximate surface area is 133 Å². The number of pyridine rings is 1. The topological polar surface area (TPSA) is 60.9 Å². The number of fused-ring (bicyclic) bond motifs is 2. The van der Waals surface area contributed by atoms with E-state index in [4.69, 9.17) is 0 Å². The molecule has 0 N–H and O–H groups in total. The Bertz CT molecular complexity index is 1020. The van der Waals surface area contributed by atoms with E-state index in [0.29, 0.717) is 6.04 Å². The van der Waals surface area contributed by atoms with Crippen molar-refractivity contribution in [2.45, 2.75) is 33.7 Å². The first-order chi connectivity index (χ1) is 11.0. The van der Waals surface area contributed by atoms with Crippen molar-refractivity contribution in [3.05, 3.63) is 42.4 Å². The molecule has 4 rings (SSSR count). The third-order valence-electron chi connectivity index (χ3n) is 4.08. The first-order valence-electron chi connectivity index (χ1n) is 7.70. The number of nitrogens with zero attached hydrogens (tertiary/aromatic N) is 6. The quantitative estimate of drug-likeness (QED) is 0.570. The van der Waals surface area contributed by atoms with Crippen LogP contribution in [0.1, 0.15) is 31.5 Å². The molecule has 6 heteroatoms. The maximum Gasteiger partial charge on any atom is 0.177 e. The monoisotopic (exact) mass is 306 g/mol. The van der Waals surface area contributed by atoms with Crippen molar-refractivity contribution in [3.8, 4) is 11.1 Å². The number of aryl methyl sites for hydroxylation is 2. The van der Waals surface area contributed by atoms with Crippen molar-refractivity contribution in [1.29, 1.82) is 0 Å². The summed E-state index contributed by atoms with van der Waals surface area (Å²) in [5, 5.41) is 4.40. The van der Waals surface area contributed by atoms with Crippen LogP contribution in [0.3, 0.4) is 0 Å². The van der Waals surface area contributed by atoms with Crippen molar-refractivity contribution < 1.29 is 0 Å². The van der Waals surface area contributed by atoms with Crippen LogP contribution in [0.2, 0.25) is 0 Å². The zero-order chi connectivity index (χ0) is 16.1. The molecule has 0 aliphatic heterocycles. The second-order valence-electron chi connectivity index (χ2n) is 6.05. The Kier molecular flexibility index (Phi) is 2.94. The predicted molar refractivity (Wildman–Crippen MR) is 89.4 cm³/mol. The van der Waals surface area contributed by atoms with Crippen LogP contribution in [0.25, 0.3) is 27.8 Å². The van der Waals surface area contributed by atoms with E-state index in [1.54, 1.807) is 0 Å². The lowest BCUT2D eigenvalue weighted by atomic mass is 10.1. The Balaban J connectivity index is 1.96. The van der Waals surface area contributed by atoms with Crippen molar-refractivity contribution in [1.82, 2.24) is 29.1 Å². The highest BCUT2D eigenvalue weighted by molar-refractivity contribution is 5.85. The minimum atomic E-state index is 0.341. The predicted octanol–water partition coefficient (Wildman–Crippen LogP) is 3.34. The third-order valence-corrected chi connectivity index (χ3v) is 4.08. The standard InChI is InChI=1S/C17H18N6/c1-10(2)23-12(4)20-17-15(23)7-13(8-19-17)14-5-6-22-16(14)9-18-11(3)21-22/h5-10H,1-4H3. The van der Waals surface area contributed by atoms with Crippen LogP contribution in [0.5, 0.6) is 0 Å². The molecule has 0 aliphatic rings. The Morgan fingerprint density at radius 3 is 2.65 bits per heavy atom. The fourth-order valence-corrected chi connectivity index (χ4v) is 3.12. The maximum absolute atomic E-state index is 4.55. The number of hydrogen-bond acceptors (Lipinski definition) is 4. The van der Waals surface area contributed by atoms with E-state index < -0.39 is 0 Å². The van der Waals surface area contributed by atoms with Crippen LogP contribution in [0.15, 0.2) is 30.7 Å². The highest BCUT2D eigenvalue weighted by Crippen LogP contribution is 2.28. The largest absolute Gasteiger partial charge is 0.324 e. The summed E-state index contributed by atoms with van der Waals surface area (Å²) in [5.41, 5.74) is 4.95. The van der Waals surface area contributed by atoms with E-state index in [2.05, 4.69) is 50.6 Å². The van der Waals surface area contributed by atoms with Gasteiger partial charge in [0, 0.05) is 29.6 Å². The molecule has 0 saturated carbocycles. The average Bonchev–Trinajstić information content (AvgIpc) is 3.05. The molecule has 0 spiro atoms. The third kappa shape index (κ3) is 2.10. The minimum absolute atomic E-state index is 0.341. The van der Waals surface area contributed by atoms with Crippen LogP contribution in [0, 0.1) is 13.8 Å². The molecule has 0 aromatic carbocycles. The van der Waals surface area contributed by atoms with E-state index in [0.717, 1.165) is 39.5 Å². The molecular formula is C17H18N6. The van der Waals surface area contributed by atoms with E-state index in [9.17, 15) is 0 Å². The summed E-state index contributed by atoms with van der Waals surface area (Å²) in [6, 6.07) is 4.54. The van der Waals surface area contributed by atoms with Gasteiger partial charge in [-0.25, -0.2) is 19.5 Å². The lowest BCUT2D eigenvalue weighted by Crippen LogP contribution is -2.02. The lowest BCUT2D eigenvalue weighted by Gasteiger charge is -2.11. The van der Waals surface area contributed by atoms with Gasteiger partial charge in [-0.1, -0.05) is 0 Å². The summed E-state index contributed by atoms with van der Waals surface area (Å²) >= 11 is 0. The van der Waals surface area contributed by atoms with Crippen LogP contribution in [0.4, 0.5) is 0 Å². The van der Waals surface area contributed by atoms with Crippen LogP contribution in [-0.2, 0) is 0 Å². The molecule has 0 amide bonds. The van der Waals surface area contributed by atoms with Gasteiger partial charge >= 0.3 is 0 Å². The Morgan fingerprint density at radius 1 is 1.04 bits per heavy atom. The molecule has 0 aliphatic carbocycles. The first kappa shape index (κ1) is 13.9. The van der Waals surface area contributed by atoms with Gasteiger partial charge in [-0.15, -0.1) is 0 Å². The normalized spacial score (nSPS) is 11.9. The van der Waals surface area contributed by atoms with Gasteiger partial charge in [-0.2, -0.15) is 5.10 Å². The van der Waals surface area contributed by atoms with Crippen molar-refractivity contribution in [2.75, 3.05) is 0 Å². The van der Waals surface area contributed by atoms with Crippen molar-refractivity contribution in [2.24, 2.45) is 0 Å². The zero-order valence-electron chi connectivity index (χ0n) is 13.6. The van der Waals surface area contributed by atoms with Gasteiger partial charge in [0.05, 0.1) is 17.2 Å². The molecule has 4 heterocycles. The second-order valence-corrected chi connectivity index (χ2v) is 6.05. The number of aromatic nitrogens is 6. The summed E-state index contributed by atoms with van der Waals surface area (Å²) < 4.78 is 4.07. The molecule has 0 atom stereocenters. The van der Waals surface area contributed by atoms with Gasteiger partial charge < -0.3 is 4.57 Å². The molecule has 0 saturated heterocycles. The summed E-state index contributed by atoms with van der Waals surface area (Å²) in [7, 11) is 0. The van der Waals surface area contributed by atoms with E-state index in [1.165, 1.54) is 0 Å². The van der Waals surface area contributed by atoms with E-state index in [-0.39, 0.29) is 0 Å². The molecule has 0 radical (unpaired) electrons. The molecule has 0 bridgehead atoms. The molecule has 116 valence electrons. The molecule has 23 heavy (non-hydrogen) atoms. The fourth-order valence-electron chi connectivity index (χ4n) is 3.12. The van der Waals surface area contributed by atoms with Crippen molar-refractivity contribution >= 4 is 16.7 Å². The molecule has 6 nitrogen and oxygen atoms in total. The van der Waals surface area contributed by atoms with Gasteiger partial charge in [0.15, 0.2) is 5.65 Å². The maximum atomic E-state index is 4.55. The van der Waals surface area contributed by atoms with Crippen LogP contribution >= 0.6 is 0 Å². The second kappa shape index (κ2) is 4.87. The smallest absolute Gasteiger partial charge is 0.177 e. The van der Waals surface area contributed by atoms with Crippen molar-refractivity contribution in [3.63, 3.8) is 0 Å². The molecule has 4 aromatic rings. The first-order valence-corrected chi connectivity index (χ1v) is 7.70. The van der Waals surface area contributed by atoms with Gasteiger partial charge in [-0.3, -0.25) is 0 Å². The molecule has 0 unspecified atom stereocenters. The number of rotatable bonds is 2. The summed E-state index contributed by atoms with van der Waals surface area (Å²) in [4.78, 5) is 13.4. The fraction of sp³-hybridized carbons (Fsp3) is 0.294. The highest BCUT2D eigenvalue weighted by Gasteiger charge is 2.14. The number of hydrogen-bond donors (Lipinski definition) is 0. The highest BCUT2D eigenvalue weighted by atomic mass is 15.2. The number of imidazole rings is 1. The molecule has 0 fully saturated rings. The summed E-state index contributed by atoms with van der Waals surface area (Å²) in [6.07, 6.45) is 5.68. The van der Waals surface area contributed by atoms with Gasteiger partial charge in [0.1, 0.15) is 11.6 Å². The zero-order valence-corrected chi connectivity index (χ0v) is 13.6. The van der Waals surface area contributed by atoms with Gasteiger partial charge in [0.2, 0.25) is 0 Å². The van der Waals surface area contributed by atoms with Crippen LogP contribution < -0.4 is 0 Å². The van der Waals surface area contributed by atoms with Gasteiger partial charge in [-0.05, 0) is 39.8 Å². The average molecular weight is 306 g/mol. The molecule has 4 aromatic heterocycles.